The maximum atomic E-state index is 12.3. The van der Waals surface area contributed by atoms with E-state index in [4.69, 9.17) is 5.73 Å². The predicted octanol–water partition coefficient (Wildman–Crippen LogP) is 1.55. The van der Waals surface area contributed by atoms with Crippen LogP contribution in [0.3, 0.4) is 0 Å². The molecule has 1 aromatic heterocycles. The Bertz CT molecular complexity index is 652. The molecule has 1 heterocycles. The van der Waals surface area contributed by atoms with Crippen molar-refractivity contribution < 1.29 is 13.2 Å². The molecule has 8 heteroatoms. The Morgan fingerprint density at radius 2 is 2.00 bits per heavy atom. The molecule has 0 aromatic carbocycles. The van der Waals surface area contributed by atoms with Crippen molar-refractivity contribution in [2.24, 2.45) is 17.6 Å². The van der Waals surface area contributed by atoms with Gasteiger partial charge >= 0.3 is 0 Å². The summed E-state index contributed by atoms with van der Waals surface area (Å²) < 4.78 is 24.7. The molecule has 0 bridgehead atoms. The number of amides is 1. The minimum absolute atomic E-state index is 0.0236. The number of pyridine rings is 1. The Labute approximate surface area is 137 Å². The summed E-state index contributed by atoms with van der Waals surface area (Å²) in [5.41, 5.74) is 6.45. The maximum absolute atomic E-state index is 12.3. The van der Waals surface area contributed by atoms with E-state index >= 15 is 0 Å². The normalized spacial score (nSPS) is 23.1. The number of nitrogens with zero attached hydrogens (tertiary/aromatic N) is 1. The molecule has 23 heavy (non-hydrogen) atoms. The van der Waals surface area contributed by atoms with Crippen molar-refractivity contribution in [3.8, 4) is 0 Å². The largest absolute Gasteiger partial charge is 0.328 e. The SMILES string of the molecule is CC(N)C1CCC(C(=O)Nc2ccnc(NS(C)(=O)=O)c2)CC1. The van der Waals surface area contributed by atoms with Crippen LogP contribution in [0, 0.1) is 11.8 Å². The van der Waals surface area contributed by atoms with Crippen LogP contribution in [0.25, 0.3) is 0 Å². The number of carbonyl (C=O) groups excluding carboxylic acids is 1. The number of nitrogens with one attached hydrogen (secondary N) is 2. The third-order valence-corrected chi connectivity index (χ3v) is 4.78. The molecule has 0 saturated heterocycles. The second-order valence-electron chi connectivity index (χ2n) is 6.26. The Balaban J connectivity index is 1.94. The average Bonchev–Trinajstić information content (AvgIpc) is 2.46. The lowest BCUT2D eigenvalue weighted by atomic mass is 9.79. The van der Waals surface area contributed by atoms with E-state index in [-0.39, 0.29) is 23.7 Å². The number of aromatic nitrogens is 1. The van der Waals surface area contributed by atoms with Gasteiger partial charge in [0, 0.05) is 29.9 Å². The fourth-order valence-electron chi connectivity index (χ4n) is 2.91. The van der Waals surface area contributed by atoms with Crippen LogP contribution in [-0.4, -0.2) is 31.6 Å². The molecule has 0 spiro atoms. The summed E-state index contributed by atoms with van der Waals surface area (Å²) in [6.45, 7) is 2.01. The van der Waals surface area contributed by atoms with Crippen molar-refractivity contribution in [3.05, 3.63) is 18.3 Å². The van der Waals surface area contributed by atoms with Crippen LogP contribution in [0.1, 0.15) is 32.6 Å². The Morgan fingerprint density at radius 3 is 2.57 bits per heavy atom. The van der Waals surface area contributed by atoms with Crippen LogP contribution in [0.4, 0.5) is 11.5 Å². The number of hydrogen-bond acceptors (Lipinski definition) is 5. The molecular weight excluding hydrogens is 316 g/mol. The molecule has 7 nitrogen and oxygen atoms in total. The van der Waals surface area contributed by atoms with E-state index in [0.29, 0.717) is 11.6 Å². The third-order valence-electron chi connectivity index (χ3n) is 4.20. The predicted molar refractivity (Wildman–Crippen MR) is 90.4 cm³/mol. The molecule has 1 aromatic rings. The molecule has 4 N–H and O–H groups in total. The summed E-state index contributed by atoms with van der Waals surface area (Å²) in [7, 11) is -3.39. The number of rotatable bonds is 5. The summed E-state index contributed by atoms with van der Waals surface area (Å²) >= 11 is 0. The summed E-state index contributed by atoms with van der Waals surface area (Å²) in [6, 6.07) is 3.31. The molecule has 1 amide bonds. The molecule has 1 atom stereocenters. The van der Waals surface area contributed by atoms with E-state index in [2.05, 4.69) is 15.0 Å². The Morgan fingerprint density at radius 1 is 1.35 bits per heavy atom. The van der Waals surface area contributed by atoms with Gasteiger partial charge in [0.25, 0.3) is 0 Å². The summed E-state index contributed by atoms with van der Waals surface area (Å²) in [4.78, 5) is 16.3. The average molecular weight is 340 g/mol. The van der Waals surface area contributed by atoms with Gasteiger partial charge in [0.05, 0.1) is 6.26 Å². The molecule has 128 valence electrons. The van der Waals surface area contributed by atoms with Crippen LogP contribution >= 0.6 is 0 Å². The molecular formula is C15H24N4O3S. The monoisotopic (exact) mass is 340 g/mol. The van der Waals surface area contributed by atoms with Gasteiger partial charge in [-0.05, 0) is 44.6 Å². The van der Waals surface area contributed by atoms with Crippen molar-refractivity contribution in [1.29, 1.82) is 0 Å². The highest BCUT2D eigenvalue weighted by molar-refractivity contribution is 7.92. The number of hydrogen-bond donors (Lipinski definition) is 3. The van der Waals surface area contributed by atoms with Crippen molar-refractivity contribution in [2.45, 2.75) is 38.6 Å². The van der Waals surface area contributed by atoms with E-state index in [1.807, 2.05) is 6.92 Å². The molecule has 1 aliphatic carbocycles. The van der Waals surface area contributed by atoms with Crippen molar-refractivity contribution in [3.63, 3.8) is 0 Å². The van der Waals surface area contributed by atoms with Crippen LogP contribution in [0.2, 0.25) is 0 Å². The number of nitrogens with two attached hydrogens (primary N) is 1. The summed E-state index contributed by atoms with van der Waals surface area (Å²) in [5, 5.41) is 2.84. The van der Waals surface area contributed by atoms with Gasteiger partial charge in [-0.25, -0.2) is 13.4 Å². The lowest BCUT2D eigenvalue weighted by Crippen LogP contribution is -2.33. The first-order chi connectivity index (χ1) is 10.7. The van der Waals surface area contributed by atoms with Gasteiger partial charge in [-0.15, -0.1) is 0 Å². The van der Waals surface area contributed by atoms with Crippen molar-refractivity contribution >= 4 is 27.4 Å². The quantitative estimate of drug-likeness (QED) is 0.752. The zero-order valence-corrected chi connectivity index (χ0v) is 14.3. The lowest BCUT2D eigenvalue weighted by Gasteiger charge is -2.29. The van der Waals surface area contributed by atoms with Gasteiger partial charge in [0.15, 0.2) is 0 Å². The van der Waals surface area contributed by atoms with Gasteiger partial charge in [0.2, 0.25) is 15.9 Å². The molecule has 2 rings (SSSR count). The number of sulfonamides is 1. The Kier molecular flexibility index (Phi) is 5.59. The molecule has 1 aliphatic rings. The van der Waals surface area contributed by atoms with E-state index < -0.39 is 10.0 Å². The smallest absolute Gasteiger partial charge is 0.230 e. The van der Waals surface area contributed by atoms with Gasteiger partial charge in [0.1, 0.15) is 5.82 Å². The van der Waals surface area contributed by atoms with Gasteiger partial charge in [-0.2, -0.15) is 0 Å². The maximum Gasteiger partial charge on any atom is 0.230 e. The van der Waals surface area contributed by atoms with Crippen LogP contribution in [-0.2, 0) is 14.8 Å². The summed E-state index contributed by atoms with van der Waals surface area (Å²) in [5.74, 6) is 0.616. The summed E-state index contributed by atoms with van der Waals surface area (Å²) in [6.07, 6.45) is 6.10. The van der Waals surface area contributed by atoms with Crippen molar-refractivity contribution in [1.82, 2.24) is 4.98 Å². The minimum Gasteiger partial charge on any atom is -0.328 e. The highest BCUT2D eigenvalue weighted by atomic mass is 32.2. The molecule has 1 unspecified atom stereocenters. The number of carbonyl (C=O) groups is 1. The zero-order chi connectivity index (χ0) is 17.0. The third kappa shape index (κ3) is 5.47. The van der Waals surface area contributed by atoms with Crippen LogP contribution < -0.4 is 15.8 Å². The van der Waals surface area contributed by atoms with Gasteiger partial charge in [-0.3, -0.25) is 9.52 Å². The fourth-order valence-corrected chi connectivity index (χ4v) is 3.40. The van der Waals surface area contributed by atoms with Crippen molar-refractivity contribution in [2.75, 3.05) is 16.3 Å². The van der Waals surface area contributed by atoms with E-state index in [1.54, 1.807) is 6.07 Å². The van der Waals surface area contributed by atoms with Gasteiger partial charge < -0.3 is 11.1 Å². The molecule has 0 radical (unpaired) electrons. The highest BCUT2D eigenvalue weighted by Gasteiger charge is 2.27. The van der Waals surface area contributed by atoms with Gasteiger partial charge in [-0.1, -0.05) is 0 Å². The molecule has 1 saturated carbocycles. The number of anilines is 2. The van der Waals surface area contributed by atoms with Crippen LogP contribution in [0.15, 0.2) is 18.3 Å². The lowest BCUT2D eigenvalue weighted by molar-refractivity contribution is -0.121. The molecule has 0 aliphatic heterocycles. The first kappa shape index (κ1) is 17.7. The Hall–Kier alpha value is -1.67. The van der Waals surface area contributed by atoms with E-state index in [1.165, 1.54) is 12.3 Å². The second kappa shape index (κ2) is 7.27. The fraction of sp³-hybridized carbons (Fsp3) is 0.600. The first-order valence-corrected chi connectivity index (χ1v) is 9.64. The molecule has 1 fully saturated rings. The second-order valence-corrected chi connectivity index (χ2v) is 8.01. The first-order valence-electron chi connectivity index (χ1n) is 7.75. The zero-order valence-electron chi connectivity index (χ0n) is 13.5. The topological polar surface area (TPSA) is 114 Å². The van der Waals surface area contributed by atoms with E-state index in [0.717, 1.165) is 31.9 Å². The highest BCUT2D eigenvalue weighted by Crippen LogP contribution is 2.31. The standard InChI is InChI=1S/C15H24N4O3S/c1-10(16)11-3-5-12(6-4-11)15(20)18-13-7-8-17-14(9-13)19-23(2,21)22/h7-12H,3-6,16H2,1-2H3,(H2,17,18,19,20). The van der Waals surface area contributed by atoms with Crippen LogP contribution in [0.5, 0.6) is 0 Å². The minimum atomic E-state index is -3.39. The van der Waals surface area contributed by atoms with E-state index in [9.17, 15) is 13.2 Å².